The number of rotatable bonds is 3. The Morgan fingerprint density at radius 2 is 2.15 bits per heavy atom. The lowest BCUT2D eigenvalue weighted by Crippen LogP contribution is -2.37. The van der Waals surface area contributed by atoms with Gasteiger partial charge in [-0.15, -0.1) is 11.8 Å². The van der Waals surface area contributed by atoms with Crippen LogP contribution in [0, 0.1) is 0 Å². The van der Waals surface area contributed by atoms with Crippen LogP contribution >= 0.6 is 23.4 Å². The number of nitrogens with one attached hydrogen (secondary N) is 2. The molecule has 2 aliphatic heterocycles. The molecule has 7 heteroatoms. The highest BCUT2D eigenvalue weighted by molar-refractivity contribution is 8.01. The van der Waals surface area contributed by atoms with Gasteiger partial charge in [-0.25, -0.2) is 0 Å². The second-order valence-corrected chi connectivity index (χ2v) is 7.92. The van der Waals surface area contributed by atoms with Crippen LogP contribution in [0.15, 0.2) is 47.4 Å². The van der Waals surface area contributed by atoms with Gasteiger partial charge in [0, 0.05) is 28.3 Å². The van der Waals surface area contributed by atoms with Gasteiger partial charge >= 0.3 is 0 Å². The van der Waals surface area contributed by atoms with Gasteiger partial charge in [0.1, 0.15) is 5.75 Å². The number of benzene rings is 2. The SMILES string of the molecule is O=C(CC1Sc2ccc(Cl)cc2NC1=O)NC1CCOc2ccccc21. The number of amides is 2. The summed E-state index contributed by atoms with van der Waals surface area (Å²) in [5, 5.41) is 5.98. The van der Waals surface area contributed by atoms with Gasteiger partial charge in [-0.05, 0) is 24.3 Å². The van der Waals surface area contributed by atoms with Crippen LogP contribution in [0.2, 0.25) is 5.02 Å². The topological polar surface area (TPSA) is 67.4 Å². The fourth-order valence-electron chi connectivity index (χ4n) is 3.17. The number of ether oxygens (including phenoxy) is 1. The minimum absolute atomic E-state index is 0.0878. The second kappa shape index (κ2) is 7.21. The molecule has 2 aromatic rings. The molecule has 2 amide bonds. The quantitative estimate of drug-likeness (QED) is 0.839. The van der Waals surface area contributed by atoms with Crippen LogP contribution in [0.5, 0.6) is 5.75 Å². The molecular formula is C19H17ClN2O3S. The highest BCUT2D eigenvalue weighted by Crippen LogP contribution is 2.38. The molecule has 0 aromatic heterocycles. The molecule has 0 saturated carbocycles. The smallest absolute Gasteiger partial charge is 0.238 e. The lowest BCUT2D eigenvalue weighted by Gasteiger charge is -2.28. The molecule has 5 nitrogen and oxygen atoms in total. The maximum atomic E-state index is 12.5. The predicted molar refractivity (Wildman–Crippen MR) is 102 cm³/mol. The summed E-state index contributed by atoms with van der Waals surface area (Å²) in [6.45, 7) is 0.564. The molecule has 2 aromatic carbocycles. The number of fused-ring (bicyclic) bond motifs is 2. The molecule has 0 fully saturated rings. The summed E-state index contributed by atoms with van der Waals surface area (Å²) in [5.41, 5.74) is 1.68. The van der Waals surface area contributed by atoms with Crippen LogP contribution in [0.4, 0.5) is 5.69 Å². The van der Waals surface area contributed by atoms with Gasteiger partial charge in [0.05, 0.1) is 23.6 Å². The molecule has 2 atom stereocenters. The van der Waals surface area contributed by atoms with Crippen molar-refractivity contribution in [2.24, 2.45) is 0 Å². The minimum atomic E-state index is -0.459. The Balaban J connectivity index is 1.43. The van der Waals surface area contributed by atoms with Gasteiger partial charge in [0.15, 0.2) is 0 Å². The molecule has 2 N–H and O–H groups in total. The van der Waals surface area contributed by atoms with Crippen molar-refractivity contribution in [3.8, 4) is 5.75 Å². The molecule has 0 spiro atoms. The second-order valence-electron chi connectivity index (χ2n) is 6.24. The van der Waals surface area contributed by atoms with Crippen molar-refractivity contribution in [3.05, 3.63) is 53.1 Å². The molecular weight excluding hydrogens is 372 g/mol. The monoisotopic (exact) mass is 388 g/mol. The molecule has 2 aliphatic rings. The van der Waals surface area contributed by atoms with E-state index in [2.05, 4.69) is 10.6 Å². The lowest BCUT2D eigenvalue weighted by atomic mass is 10.0. The number of carbonyl (C=O) groups is 2. The molecule has 0 bridgehead atoms. The van der Waals surface area contributed by atoms with E-state index in [0.717, 1.165) is 16.2 Å². The van der Waals surface area contributed by atoms with Crippen molar-refractivity contribution in [2.45, 2.75) is 29.0 Å². The molecule has 134 valence electrons. The minimum Gasteiger partial charge on any atom is -0.493 e. The van der Waals surface area contributed by atoms with Crippen LogP contribution in [-0.4, -0.2) is 23.7 Å². The van der Waals surface area contributed by atoms with E-state index in [4.69, 9.17) is 16.3 Å². The maximum absolute atomic E-state index is 12.5. The van der Waals surface area contributed by atoms with E-state index in [-0.39, 0.29) is 24.3 Å². The molecule has 26 heavy (non-hydrogen) atoms. The first-order chi connectivity index (χ1) is 12.6. The van der Waals surface area contributed by atoms with Crippen LogP contribution in [0.1, 0.15) is 24.4 Å². The molecule has 2 heterocycles. The van der Waals surface area contributed by atoms with E-state index in [9.17, 15) is 9.59 Å². The third kappa shape index (κ3) is 3.52. The van der Waals surface area contributed by atoms with E-state index >= 15 is 0 Å². The number of carbonyl (C=O) groups excluding carboxylic acids is 2. The maximum Gasteiger partial charge on any atom is 0.238 e. The Morgan fingerprint density at radius 3 is 3.04 bits per heavy atom. The van der Waals surface area contributed by atoms with Crippen molar-refractivity contribution in [1.29, 1.82) is 0 Å². The van der Waals surface area contributed by atoms with E-state index < -0.39 is 5.25 Å². The first-order valence-electron chi connectivity index (χ1n) is 8.38. The van der Waals surface area contributed by atoms with Gasteiger partial charge in [-0.2, -0.15) is 0 Å². The first kappa shape index (κ1) is 17.2. The van der Waals surface area contributed by atoms with E-state index in [1.54, 1.807) is 12.1 Å². The zero-order valence-electron chi connectivity index (χ0n) is 13.8. The predicted octanol–water partition coefficient (Wildman–Crippen LogP) is 3.78. The molecule has 0 aliphatic carbocycles. The Labute approximate surface area is 160 Å². The summed E-state index contributed by atoms with van der Waals surface area (Å²) in [6, 6.07) is 13.0. The van der Waals surface area contributed by atoms with Crippen LogP contribution in [-0.2, 0) is 9.59 Å². The van der Waals surface area contributed by atoms with E-state index in [1.165, 1.54) is 11.8 Å². The Hall–Kier alpha value is -2.18. The number of hydrogen-bond acceptors (Lipinski definition) is 4. The van der Waals surface area contributed by atoms with Gasteiger partial charge in [0.2, 0.25) is 11.8 Å². The normalized spacial score (nSPS) is 21.0. The van der Waals surface area contributed by atoms with Gasteiger partial charge < -0.3 is 15.4 Å². The zero-order valence-corrected chi connectivity index (χ0v) is 15.4. The number of halogens is 1. The highest BCUT2D eigenvalue weighted by Gasteiger charge is 2.30. The van der Waals surface area contributed by atoms with E-state index in [0.29, 0.717) is 23.7 Å². The number of para-hydroxylation sites is 1. The van der Waals surface area contributed by atoms with Gasteiger partial charge in [0.25, 0.3) is 0 Å². The summed E-state index contributed by atoms with van der Waals surface area (Å²) in [4.78, 5) is 25.8. The number of anilines is 1. The molecule has 4 rings (SSSR count). The van der Waals surface area contributed by atoms with E-state index in [1.807, 2.05) is 30.3 Å². The Kier molecular flexibility index (Phi) is 4.78. The van der Waals surface area contributed by atoms with Crippen LogP contribution < -0.4 is 15.4 Å². The first-order valence-corrected chi connectivity index (χ1v) is 9.64. The standard InChI is InChI=1S/C19H17ClN2O3S/c20-11-5-6-16-14(9-11)22-19(24)17(26-16)10-18(23)21-13-7-8-25-15-4-2-1-3-12(13)15/h1-6,9,13,17H,7-8,10H2,(H,21,23)(H,22,24). The van der Waals surface area contributed by atoms with Crippen molar-refractivity contribution >= 4 is 40.9 Å². The van der Waals surface area contributed by atoms with Crippen molar-refractivity contribution < 1.29 is 14.3 Å². The average molecular weight is 389 g/mol. The lowest BCUT2D eigenvalue weighted by molar-refractivity contribution is -0.124. The Morgan fingerprint density at radius 1 is 1.31 bits per heavy atom. The molecule has 2 unspecified atom stereocenters. The number of hydrogen-bond donors (Lipinski definition) is 2. The third-order valence-electron chi connectivity index (χ3n) is 4.43. The van der Waals surface area contributed by atoms with Gasteiger partial charge in [-0.3, -0.25) is 9.59 Å². The van der Waals surface area contributed by atoms with Crippen LogP contribution in [0.25, 0.3) is 0 Å². The summed E-state index contributed by atoms with van der Waals surface area (Å²) < 4.78 is 5.62. The van der Waals surface area contributed by atoms with Gasteiger partial charge in [-0.1, -0.05) is 29.8 Å². The molecule has 0 radical (unpaired) electrons. The zero-order chi connectivity index (χ0) is 18.1. The molecule has 0 saturated heterocycles. The fourth-order valence-corrected chi connectivity index (χ4v) is 4.43. The summed E-state index contributed by atoms with van der Waals surface area (Å²) >= 11 is 7.35. The average Bonchev–Trinajstić information content (AvgIpc) is 2.63. The van der Waals surface area contributed by atoms with Crippen molar-refractivity contribution in [2.75, 3.05) is 11.9 Å². The van der Waals surface area contributed by atoms with Crippen molar-refractivity contribution in [3.63, 3.8) is 0 Å². The third-order valence-corrected chi connectivity index (χ3v) is 5.94. The summed E-state index contributed by atoms with van der Waals surface area (Å²) in [6.07, 6.45) is 0.839. The summed E-state index contributed by atoms with van der Waals surface area (Å²) in [7, 11) is 0. The summed E-state index contributed by atoms with van der Waals surface area (Å²) in [5.74, 6) is 0.490. The Bertz CT molecular complexity index is 874. The number of thioether (sulfide) groups is 1. The fraction of sp³-hybridized carbons (Fsp3) is 0.263. The largest absolute Gasteiger partial charge is 0.493 e. The van der Waals surface area contributed by atoms with Crippen molar-refractivity contribution in [1.82, 2.24) is 5.32 Å². The highest BCUT2D eigenvalue weighted by atomic mass is 35.5. The van der Waals surface area contributed by atoms with Crippen LogP contribution in [0.3, 0.4) is 0 Å².